The van der Waals surface area contributed by atoms with Crippen LogP contribution in [-0.2, 0) is 28.2 Å². The van der Waals surface area contributed by atoms with Gasteiger partial charge in [-0.3, -0.25) is 13.9 Å². The lowest BCUT2D eigenvalue weighted by molar-refractivity contribution is -0.153. The number of ether oxygens (including phenoxy) is 2. The van der Waals surface area contributed by atoms with Crippen molar-refractivity contribution in [1.82, 2.24) is 5.32 Å². The second kappa shape index (κ2) is 7.22. The van der Waals surface area contributed by atoms with Gasteiger partial charge in [-0.05, 0) is 12.8 Å². The lowest BCUT2D eigenvalue weighted by atomic mass is 10.4. The van der Waals surface area contributed by atoms with Gasteiger partial charge in [0.2, 0.25) is 6.79 Å². The van der Waals surface area contributed by atoms with Gasteiger partial charge in [-0.2, -0.15) is 0 Å². The average molecular weight is 311 g/mol. The summed E-state index contributed by atoms with van der Waals surface area (Å²) in [4.78, 5) is 41.4. The summed E-state index contributed by atoms with van der Waals surface area (Å²) in [5, 5.41) is 10.1. The van der Waals surface area contributed by atoms with Gasteiger partial charge >= 0.3 is 25.6 Å². The van der Waals surface area contributed by atoms with Crippen LogP contribution >= 0.6 is 7.60 Å². The smallest absolute Gasteiger partial charge is 0.410 e. The molecule has 0 aromatic rings. The molecule has 0 heterocycles. The van der Waals surface area contributed by atoms with E-state index in [0.29, 0.717) is 0 Å². The van der Waals surface area contributed by atoms with Crippen LogP contribution in [0.3, 0.4) is 0 Å². The number of nitrogens with one attached hydrogen (secondary N) is 1. The van der Waals surface area contributed by atoms with Crippen molar-refractivity contribution in [2.24, 2.45) is 5.92 Å². The summed E-state index contributed by atoms with van der Waals surface area (Å²) in [7, 11) is -4.26. The Hall–Kier alpha value is -1.64. The number of rotatable bonds is 8. The van der Waals surface area contributed by atoms with Crippen molar-refractivity contribution in [3.63, 3.8) is 0 Å². The summed E-state index contributed by atoms with van der Waals surface area (Å²) < 4.78 is 24.4. The average Bonchev–Trinajstić information content (AvgIpc) is 3.18. The molecular formula is C9H14NO9P. The molecule has 1 rings (SSSR count). The molecule has 0 radical (unpaired) electrons. The molecule has 0 aliphatic heterocycles. The lowest BCUT2D eigenvalue weighted by Gasteiger charge is -2.11. The van der Waals surface area contributed by atoms with Crippen molar-refractivity contribution >= 4 is 25.6 Å². The fourth-order valence-electron chi connectivity index (χ4n) is 0.995. The van der Waals surface area contributed by atoms with Crippen molar-refractivity contribution in [2.75, 3.05) is 19.7 Å². The predicted molar refractivity (Wildman–Crippen MR) is 61.6 cm³/mol. The normalized spacial score (nSPS) is 16.9. The highest BCUT2D eigenvalue weighted by molar-refractivity contribution is 7.52. The van der Waals surface area contributed by atoms with Gasteiger partial charge in [0.1, 0.15) is 6.29 Å². The molecule has 1 saturated carbocycles. The van der Waals surface area contributed by atoms with E-state index in [9.17, 15) is 18.9 Å². The van der Waals surface area contributed by atoms with Crippen LogP contribution in [0, 0.1) is 5.92 Å². The molecule has 1 fully saturated rings. The summed E-state index contributed by atoms with van der Waals surface area (Å²) in [6.45, 7) is -1.57. The molecule has 10 nitrogen and oxygen atoms in total. The number of carbonyl (C=O) groups excluding carboxylic acids is 2. The Labute approximate surface area is 113 Å². The topological polar surface area (TPSA) is 148 Å². The summed E-state index contributed by atoms with van der Waals surface area (Å²) in [6, 6.07) is 0. The van der Waals surface area contributed by atoms with Crippen molar-refractivity contribution < 1.29 is 42.9 Å². The largest absolute Gasteiger partial charge is 0.480 e. The van der Waals surface area contributed by atoms with Gasteiger partial charge in [-0.15, -0.1) is 0 Å². The minimum absolute atomic E-state index is 0.135. The number of aliphatic carboxylic acids is 1. The minimum Gasteiger partial charge on any atom is -0.480 e. The number of alkyl carbamates (subject to hydrolysis) is 1. The number of hydrogen-bond acceptors (Lipinski definition) is 7. The van der Waals surface area contributed by atoms with Crippen LogP contribution in [0.25, 0.3) is 0 Å². The maximum atomic E-state index is 11.2. The van der Waals surface area contributed by atoms with Gasteiger partial charge in [0.05, 0.1) is 5.92 Å². The van der Waals surface area contributed by atoms with Crippen molar-refractivity contribution in [2.45, 2.75) is 12.8 Å². The van der Waals surface area contributed by atoms with E-state index in [2.05, 4.69) is 14.0 Å². The molecule has 1 amide bonds. The van der Waals surface area contributed by atoms with Gasteiger partial charge in [-0.25, -0.2) is 9.59 Å². The van der Waals surface area contributed by atoms with E-state index >= 15 is 0 Å². The first kappa shape index (κ1) is 16.4. The van der Waals surface area contributed by atoms with Crippen LogP contribution in [-0.4, -0.2) is 47.7 Å². The number of carboxylic acid groups (broad SMARTS) is 1. The molecule has 1 aliphatic rings. The van der Waals surface area contributed by atoms with Crippen LogP contribution in [0.1, 0.15) is 12.8 Å². The summed E-state index contributed by atoms with van der Waals surface area (Å²) >= 11 is 0. The Morgan fingerprint density at radius 3 is 2.45 bits per heavy atom. The van der Waals surface area contributed by atoms with Crippen molar-refractivity contribution in [1.29, 1.82) is 0 Å². The van der Waals surface area contributed by atoms with Gasteiger partial charge < -0.3 is 24.8 Å². The second-order valence-electron chi connectivity index (χ2n) is 3.93. The number of esters is 1. The molecule has 1 unspecified atom stereocenters. The maximum absolute atomic E-state index is 11.2. The number of amides is 1. The molecule has 0 aromatic heterocycles. The molecule has 1 atom stereocenters. The quantitative estimate of drug-likeness (QED) is 0.316. The molecule has 0 aromatic carbocycles. The van der Waals surface area contributed by atoms with Gasteiger partial charge in [-0.1, -0.05) is 0 Å². The summed E-state index contributed by atoms with van der Waals surface area (Å²) in [5.41, 5.74) is 0. The zero-order valence-corrected chi connectivity index (χ0v) is 11.2. The SMILES string of the molecule is O=C(O)COP(=O)(O)CNC(=O)OCOC(=O)C1CC1. The molecule has 20 heavy (non-hydrogen) atoms. The van der Waals surface area contributed by atoms with E-state index in [1.165, 1.54) is 0 Å². The number of hydrogen-bond donors (Lipinski definition) is 3. The Morgan fingerprint density at radius 2 is 1.90 bits per heavy atom. The molecule has 3 N–H and O–H groups in total. The first-order valence-corrected chi connectivity index (χ1v) is 7.32. The first-order valence-electron chi connectivity index (χ1n) is 5.55. The highest BCUT2D eigenvalue weighted by atomic mass is 31.2. The zero-order valence-electron chi connectivity index (χ0n) is 10.3. The molecular weight excluding hydrogens is 297 g/mol. The highest BCUT2D eigenvalue weighted by Crippen LogP contribution is 2.39. The van der Waals surface area contributed by atoms with Crippen LogP contribution in [0.15, 0.2) is 0 Å². The van der Waals surface area contributed by atoms with Gasteiger partial charge in [0.25, 0.3) is 0 Å². The maximum Gasteiger partial charge on any atom is 0.410 e. The number of carboxylic acids is 1. The monoisotopic (exact) mass is 311 g/mol. The summed E-state index contributed by atoms with van der Waals surface area (Å²) in [5.74, 6) is -2.02. The van der Waals surface area contributed by atoms with E-state index in [4.69, 9.17) is 10.00 Å². The highest BCUT2D eigenvalue weighted by Gasteiger charge is 2.31. The molecule has 0 saturated heterocycles. The van der Waals surface area contributed by atoms with E-state index in [0.717, 1.165) is 12.8 Å². The Morgan fingerprint density at radius 1 is 1.25 bits per heavy atom. The van der Waals surface area contributed by atoms with Crippen molar-refractivity contribution in [3.05, 3.63) is 0 Å². The van der Waals surface area contributed by atoms with E-state index in [1.54, 1.807) is 0 Å². The van der Waals surface area contributed by atoms with Crippen LogP contribution < -0.4 is 5.32 Å². The third-order valence-corrected chi connectivity index (χ3v) is 3.21. The van der Waals surface area contributed by atoms with E-state index < -0.39 is 45.3 Å². The van der Waals surface area contributed by atoms with E-state index in [-0.39, 0.29) is 5.92 Å². The lowest BCUT2D eigenvalue weighted by Crippen LogP contribution is -2.27. The summed E-state index contributed by atoms with van der Waals surface area (Å²) in [6.07, 6.45) is -0.420. The Balaban J connectivity index is 2.13. The number of carbonyl (C=O) groups is 3. The third kappa shape index (κ3) is 7.07. The molecule has 0 spiro atoms. The Bertz CT molecular complexity index is 433. The zero-order chi connectivity index (χ0) is 15.2. The standard InChI is InChI=1S/C9H14NO9P/c11-7(12)3-19-20(15,16)4-10-9(14)18-5-17-8(13)6-1-2-6/h6H,1-5H2,(H,10,14)(H,11,12)(H,15,16). The molecule has 114 valence electrons. The van der Waals surface area contributed by atoms with E-state index in [1.807, 2.05) is 5.32 Å². The minimum atomic E-state index is -4.26. The predicted octanol–water partition coefficient (Wildman–Crippen LogP) is -0.133. The fourth-order valence-corrected chi connectivity index (χ4v) is 1.73. The van der Waals surface area contributed by atoms with Crippen LogP contribution in [0.5, 0.6) is 0 Å². The van der Waals surface area contributed by atoms with Crippen LogP contribution in [0.2, 0.25) is 0 Å². The first-order chi connectivity index (χ1) is 9.30. The third-order valence-electron chi connectivity index (χ3n) is 2.11. The van der Waals surface area contributed by atoms with Crippen LogP contribution in [0.4, 0.5) is 4.79 Å². The molecule has 0 bridgehead atoms. The Kier molecular flexibility index (Phi) is 5.93. The van der Waals surface area contributed by atoms with Gasteiger partial charge in [0, 0.05) is 0 Å². The fraction of sp³-hybridized carbons (Fsp3) is 0.667. The van der Waals surface area contributed by atoms with Crippen molar-refractivity contribution in [3.8, 4) is 0 Å². The second-order valence-corrected chi connectivity index (χ2v) is 5.78. The molecule has 11 heteroatoms. The molecule has 1 aliphatic carbocycles. The van der Waals surface area contributed by atoms with Gasteiger partial charge in [0.15, 0.2) is 6.61 Å².